The molecule has 1 amide bonds. The van der Waals surface area contributed by atoms with Crippen LogP contribution >= 0.6 is 11.6 Å². The summed E-state index contributed by atoms with van der Waals surface area (Å²) < 4.78 is 7.62. The first-order valence-corrected chi connectivity index (χ1v) is 10.3. The molecule has 0 spiro atoms. The normalized spacial score (nSPS) is 14.9. The average molecular weight is 447 g/mol. The van der Waals surface area contributed by atoms with E-state index in [-0.39, 0.29) is 18.7 Å². The molecule has 4 aromatic rings. The minimum atomic E-state index is -0.360. The van der Waals surface area contributed by atoms with Gasteiger partial charge in [0.15, 0.2) is 18.7 Å². The number of amides is 1. The third kappa shape index (κ3) is 3.95. The second-order valence-corrected chi connectivity index (χ2v) is 7.66. The van der Waals surface area contributed by atoms with E-state index in [0.717, 1.165) is 16.6 Å². The molecule has 2 heterocycles. The van der Waals surface area contributed by atoms with Crippen LogP contribution in [0.5, 0.6) is 5.75 Å². The molecule has 4 N–H and O–H groups in total. The van der Waals surface area contributed by atoms with Crippen molar-refractivity contribution in [2.24, 2.45) is 10.7 Å². The van der Waals surface area contributed by atoms with Crippen LogP contribution in [0.15, 0.2) is 77.8 Å². The van der Waals surface area contributed by atoms with Crippen molar-refractivity contribution in [3.05, 3.63) is 83.4 Å². The number of ether oxygens (including phenoxy) is 1. The number of para-hydroxylation sites is 2. The summed E-state index contributed by atoms with van der Waals surface area (Å²) in [6.45, 7) is -0.114. The zero-order chi connectivity index (χ0) is 22.1. The van der Waals surface area contributed by atoms with Gasteiger partial charge in [0.25, 0.3) is 5.91 Å². The van der Waals surface area contributed by atoms with Gasteiger partial charge >= 0.3 is 0 Å². The van der Waals surface area contributed by atoms with Crippen LogP contribution in [0.4, 0.5) is 11.6 Å². The predicted octanol–water partition coefficient (Wildman–Crippen LogP) is 3.99. The van der Waals surface area contributed by atoms with Gasteiger partial charge in [-0.3, -0.25) is 14.7 Å². The maximum atomic E-state index is 12.1. The number of aliphatic imine (C=N–C) groups is 1. The maximum Gasteiger partial charge on any atom is 0.262 e. The van der Waals surface area contributed by atoms with Crippen LogP contribution in [0.2, 0.25) is 5.02 Å². The molecular weight excluding hydrogens is 428 g/mol. The lowest BCUT2D eigenvalue weighted by molar-refractivity contribution is -0.118. The maximum absolute atomic E-state index is 12.1. The molecule has 1 unspecified atom stereocenters. The highest BCUT2D eigenvalue weighted by Crippen LogP contribution is 2.32. The van der Waals surface area contributed by atoms with Crippen molar-refractivity contribution >= 4 is 46.1 Å². The van der Waals surface area contributed by atoms with Gasteiger partial charge < -0.3 is 15.8 Å². The molecule has 0 aliphatic carbocycles. The molecule has 160 valence electrons. The molecular formula is C23H19ClN6O2. The largest absolute Gasteiger partial charge is 0.484 e. The number of rotatable bonds is 5. The van der Waals surface area contributed by atoms with Crippen molar-refractivity contribution in [3.8, 4) is 5.75 Å². The molecule has 1 atom stereocenters. The van der Waals surface area contributed by atoms with Crippen molar-refractivity contribution < 1.29 is 9.53 Å². The summed E-state index contributed by atoms with van der Waals surface area (Å²) in [5.74, 6) is 1.25. The number of hydrogen-bond donors (Lipinski definition) is 3. The molecule has 8 nitrogen and oxygen atoms in total. The molecule has 5 rings (SSSR count). The van der Waals surface area contributed by atoms with Crippen LogP contribution in [0, 0.1) is 0 Å². The van der Waals surface area contributed by atoms with Crippen LogP contribution in [0.3, 0.4) is 0 Å². The van der Waals surface area contributed by atoms with Crippen molar-refractivity contribution in [1.29, 1.82) is 0 Å². The Morgan fingerprint density at radius 1 is 1.09 bits per heavy atom. The smallest absolute Gasteiger partial charge is 0.262 e. The van der Waals surface area contributed by atoms with Gasteiger partial charge in [0.2, 0.25) is 5.95 Å². The Kier molecular flexibility index (Phi) is 5.12. The number of fused-ring (bicyclic) bond motifs is 3. The minimum absolute atomic E-state index is 0.114. The standard InChI is InChI=1S/C23H19ClN6O2/c24-15-7-9-16(10-8-15)26-20(31)13-32-17-11-5-14(6-12-17)21-28-22(25)29-23-27-18-3-1-2-4-19(18)30(21)23/h1-12,21H,13H2,(H,26,31)(H3,25,27,28,29). The molecule has 0 saturated heterocycles. The number of carbonyl (C=O) groups excluding carboxylic acids is 1. The summed E-state index contributed by atoms with van der Waals surface area (Å²) in [5, 5.41) is 6.39. The van der Waals surface area contributed by atoms with Gasteiger partial charge in [0.1, 0.15) is 5.75 Å². The minimum Gasteiger partial charge on any atom is -0.484 e. The van der Waals surface area contributed by atoms with Gasteiger partial charge in [-0.05, 0) is 54.1 Å². The monoisotopic (exact) mass is 446 g/mol. The van der Waals surface area contributed by atoms with Crippen molar-refractivity contribution in [2.75, 3.05) is 17.2 Å². The lowest BCUT2D eigenvalue weighted by Gasteiger charge is -2.24. The fraction of sp³-hybridized carbons (Fsp3) is 0.0870. The summed E-state index contributed by atoms with van der Waals surface area (Å²) in [4.78, 5) is 21.3. The quantitative estimate of drug-likeness (QED) is 0.429. The van der Waals surface area contributed by atoms with E-state index in [1.54, 1.807) is 36.4 Å². The Labute approximate surface area is 188 Å². The number of anilines is 2. The van der Waals surface area contributed by atoms with Crippen LogP contribution in [-0.4, -0.2) is 28.0 Å². The first-order valence-electron chi connectivity index (χ1n) is 9.92. The first kappa shape index (κ1) is 19.9. The Morgan fingerprint density at radius 3 is 2.62 bits per heavy atom. The molecule has 0 fully saturated rings. The third-order valence-electron chi connectivity index (χ3n) is 5.02. The summed E-state index contributed by atoms with van der Waals surface area (Å²) >= 11 is 5.86. The molecule has 1 aliphatic rings. The molecule has 0 bridgehead atoms. The van der Waals surface area contributed by atoms with Crippen LogP contribution in [0.1, 0.15) is 11.7 Å². The molecule has 0 saturated carbocycles. The van der Waals surface area contributed by atoms with Crippen molar-refractivity contribution in [3.63, 3.8) is 0 Å². The number of halogens is 1. The Morgan fingerprint density at radius 2 is 1.84 bits per heavy atom. The average Bonchev–Trinajstić information content (AvgIpc) is 3.17. The van der Waals surface area contributed by atoms with E-state index < -0.39 is 0 Å². The Balaban J connectivity index is 1.30. The zero-order valence-corrected chi connectivity index (χ0v) is 17.6. The summed E-state index contributed by atoms with van der Waals surface area (Å²) in [6, 6.07) is 22.1. The van der Waals surface area contributed by atoms with E-state index >= 15 is 0 Å². The SMILES string of the molecule is NC1=NC(c2ccc(OCC(=O)Nc3ccc(Cl)cc3)cc2)n2c(nc3ccccc32)N1. The number of benzene rings is 3. The van der Waals surface area contributed by atoms with Crippen LogP contribution in [-0.2, 0) is 4.79 Å². The van der Waals surface area contributed by atoms with Gasteiger partial charge in [-0.15, -0.1) is 0 Å². The summed E-state index contributed by atoms with van der Waals surface area (Å²) in [6.07, 6.45) is -0.360. The zero-order valence-electron chi connectivity index (χ0n) is 16.8. The van der Waals surface area contributed by atoms with Gasteiger partial charge in [-0.1, -0.05) is 35.9 Å². The van der Waals surface area contributed by atoms with Gasteiger partial charge in [0, 0.05) is 10.7 Å². The van der Waals surface area contributed by atoms with Gasteiger partial charge in [-0.25, -0.2) is 9.98 Å². The lowest BCUT2D eigenvalue weighted by Crippen LogP contribution is -2.31. The Hall–Kier alpha value is -4.04. The van der Waals surface area contributed by atoms with Crippen LogP contribution < -0.4 is 21.1 Å². The highest BCUT2D eigenvalue weighted by Gasteiger charge is 2.24. The summed E-state index contributed by atoms with van der Waals surface area (Å²) in [5.41, 5.74) is 9.37. The van der Waals surface area contributed by atoms with E-state index in [2.05, 4.69) is 20.6 Å². The number of carbonyl (C=O) groups is 1. The fourth-order valence-corrected chi connectivity index (χ4v) is 3.68. The van der Waals surface area contributed by atoms with Crippen molar-refractivity contribution in [2.45, 2.75) is 6.17 Å². The third-order valence-corrected chi connectivity index (χ3v) is 5.27. The van der Waals surface area contributed by atoms with Gasteiger partial charge in [-0.2, -0.15) is 0 Å². The second-order valence-electron chi connectivity index (χ2n) is 7.22. The van der Waals surface area contributed by atoms with E-state index in [1.807, 2.05) is 41.0 Å². The summed E-state index contributed by atoms with van der Waals surface area (Å²) in [7, 11) is 0. The highest BCUT2D eigenvalue weighted by atomic mass is 35.5. The molecule has 32 heavy (non-hydrogen) atoms. The van der Waals surface area contributed by atoms with E-state index in [4.69, 9.17) is 22.1 Å². The number of aromatic nitrogens is 2. The topological polar surface area (TPSA) is 107 Å². The molecule has 0 radical (unpaired) electrons. The number of nitrogens with zero attached hydrogens (tertiary/aromatic N) is 3. The molecule has 9 heteroatoms. The van der Waals surface area contributed by atoms with Crippen LogP contribution in [0.25, 0.3) is 11.0 Å². The number of nitrogens with one attached hydrogen (secondary N) is 2. The van der Waals surface area contributed by atoms with Crippen molar-refractivity contribution in [1.82, 2.24) is 9.55 Å². The second kappa shape index (κ2) is 8.24. The number of nitrogens with two attached hydrogens (primary N) is 1. The Bertz CT molecular complexity index is 1310. The molecule has 1 aromatic heterocycles. The highest BCUT2D eigenvalue weighted by molar-refractivity contribution is 6.30. The first-order chi connectivity index (χ1) is 15.6. The number of hydrogen-bond acceptors (Lipinski definition) is 6. The molecule has 3 aromatic carbocycles. The van der Waals surface area contributed by atoms with E-state index in [0.29, 0.717) is 28.4 Å². The lowest BCUT2D eigenvalue weighted by atomic mass is 10.1. The molecule has 1 aliphatic heterocycles. The van der Waals surface area contributed by atoms with E-state index in [9.17, 15) is 4.79 Å². The van der Waals surface area contributed by atoms with E-state index in [1.165, 1.54) is 0 Å². The number of imidazole rings is 1. The van der Waals surface area contributed by atoms with Gasteiger partial charge in [0.05, 0.1) is 11.0 Å². The number of guanidine groups is 1. The fourth-order valence-electron chi connectivity index (χ4n) is 3.56. The predicted molar refractivity (Wildman–Crippen MR) is 125 cm³/mol.